The van der Waals surface area contributed by atoms with Crippen LogP contribution >= 0.6 is 15.9 Å². The van der Waals surface area contributed by atoms with Gasteiger partial charge in [-0.15, -0.1) is 0 Å². The van der Waals surface area contributed by atoms with Crippen molar-refractivity contribution in [3.8, 4) is 0 Å². The smallest absolute Gasteiger partial charge is 0.110 e. The summed E-state index contributed by atoms with van der Waals surface area (Å²) < 4.78 is 12.3. The highest BCUT2D eigenvalue weighted by Gasteiger charge is 2.05. The standard InChI is InChI=1S/C6H12BrF/c1-5(2)3-6(8)4-7/h5-6H,3-4H2,1-2H3. The lowest BCUT2D eigenvalue weighted by Gasteiger charge is -2.05. The molecule has 0 aliphatic carbocycles. The van der Waals surface area contributed by atoms with E-state index in [2.05, 4.69) is 15.9 Å². The zero-order chi connectivity index (χ0) is 6.57. The Labute approximate surface area is 58.6 Å². The number of alkyl halides is 2. The molecule has 0 aliphatic heterocycles. The van der Waals surface area contributed by atoms with E-state index in [0.717, 1.165) is 0 Å². The zero-order valence-electron chi connectivity index (χ0n) is 5.32. The van der Waals surface area contributed by atoms with Crippen LogP contribution in [0.1, 0.15) is 20.3 Å². The fourth-order valence-electron chi connectivity index (χ4n) is 0.575. The molecule has 2 heteroatoms. The van der Waals surface area contributed by atoms with Gasteiger partial charge in [0.2, 0.25) is 0 Å². The summed E-state index contributed by atoms with van der Waals surface area (Å²) in [6.45, 7) is 4.05. The second-order valence-corrected chi connectivity index (χ2v) is 3.03. The van der Waals surface area contributed by atoms with Gasteiger partial charge in [-0.3, -0.25) is 0 Å². The van der Waals surface area contributed by atoms with Crippen molar-refractivity contribution in [1.82, 2.24) is 0 Å². The highest BCUT2D eigenvalue weighted by Crippen LogP contribution is 2.09. The largest absolute Gasteiger partial charge is 0.247 e. The average molecular weight is 183 g/mol. The molecule has 50 valence electrons. The molecule has 0 saturated carbocycles. The van der Waals surface area contributed by atoms with Crippen LogP contribution in [-0.4, -0.2) is 11.5 Å². The molecular formula is C6H12BrF. The van der Waals surface area contributed by atoms with E-state index in [4.69, 9.17) is 0 Å². The van der Waals surface area contributed by atoms with E-state index in [1.165, 1.54) is 0 Å². The van der Waals surface area contributed by atoms with Gasteiger partial charge in [0.05, 0.1) is 0 Å². The van der Waals surface area contributed by atoms with Gasteiger partial charge in [0.15, 0.2) is 0 Å². The van der Waals surface area contributed by atoms with Gasteiger partial charge in [0.25, 0.3) is 0 Å². The van der Waals surface area contributed by atoms with Crippen LogP contribution in [-0.2, 0) is 0 Å². The van der Waals surface area contributed by atoms with Crippen LogP contribution in [0.4, 0.5) is 4.39 Å². The molecule has 0 nitrogen and oxygen atoms in total. The molecule has 0 radical (unpaired) electrons. The van der Waals surface area contributed by atoms with Crippen LogP contribution in [0.25, 0.3) is 0 Å². The Hall–Kier alpha value is 0.410. The Kier molecular flexibility index (Phi) is 4.53. The SMILES string of the molecule is CC(C)CC(F)CBr. The number of hydrogen-bond acceptors (Lipinski definition) is 0. The lowest BCUT2D eigenvalue weighted by Crippen LogP contribution is -2.04. The monoisotopic (exact) mass is 182 g/mol. The molecule has 0 amide bonds. The number of rotatable bonds is 3. The van der Waals surface area contributed by atoms with E-state index in [0.29, 0.717) is 17.7 Å². The molecular weight excluding hydrogens is 171 g/mol. The number of halogens is 2. The third kappa shape index (κ3) is 4.57. The maximum absolute atomic E-state index is 12.3. The molecule has 0 rings (SSSR count). The van der Waals surface area contributed by atoms with E-state index in [1.807, 2.05) is 13.8 Å². The molecule has 0 aromatic heterocycles. The lowest BCUT2D eigenvalue weighted by atomic mass is 10.1. The highest BCUT2D eigenvalue weighted by atomic mass is 79.9. The first kappa shape index (κ1) is 8.41. The molecule has 0 N–H and O–H groups in total. The van der Waals surface area contributed by atoms with Crippen LogP contribution in [0.3, 0.4) is 0 Å². The minimum absolute atomic E-state index is 0.475. The molecule has 1 atom stereocenters. The fraction of sp³-hybridized carbons (Fsp3) is 1.00. The first-order chi connectivity index (χ1) is 3.66. The van der Waals surface area contributed by atoms with Gasteiger partial charge in [0.1, 0.15) is 6.17 Å². The normalized spacial score (nSPS) is 14.6. The average Bonchev–Trinajstić information content (AvgIpc) is 1.65. The van der Waals surface area contributed by atoms with Crippen molar-refractivity contribution in [1.29, 1.82) is 0 Å². The van der Waals surface area contributed by atoms with Crippen LogP contribution < -0.4 is 0 Å². The van der Waals surface area contributed by atoms with Gasteiger partial charge in [-0.05, 0) is 12.3 Å². The second kappa shape index (κ2) is 4.30. The molecule has 0 bridgehead atoms. The first-order valence-corrected chi connectivity index (χ1v) is 3.99. The molecule has 0 aromatic carbocycles. The quantitative estimate of drug-likeness (QED) is 0.590. The third-order valence-corrected chi connectivity index (χ3v) is 1.60. The van der Waals surface area contributed by atoms with Crippen molar-refractivity contribution >= 4 is 15.9 Å². The summed E-state index contributed by atoms with van der Waals surface area (Å²) in [5.74, 6) is 0.475. The van der Waals surface area contributed by atoms with E-state index >= 15 is 0 Å². The van der Waals surface area contributed by atoms with Gasteiger partial charge in [-0.2, -0.15) is 0 Å². The summed E-state index contributed by atoms with van der Waals surface area (Å²) >= 11 is 3.07. The Morgan fingerprint density at radius 2 is 2.00 bits per heavy atom. The molecule has 0 fully saturated rings. The van der Waals surface area contributed by atoms with Crippen LogP contribution in [0.2, 0.25) is 0 Å². The topological polar surface area (TPSA) is 0 Å². The van der Waals surface area contributed by atoms with E-state index in [-0.39, 0.29) is 0 Å². The minimum atomic E-state index is -0.657. The van der Waals surface area contributed by atoms with Crippen molar-refractivity contribution in [3.05, 3.63) is 0 Å². The molecule has 0 aliphatic rings. The Bertz CT molecular complexity index is 54.5. The molecule has 0 aromatic rings. The predicted octanol–water partition coefficient (Wildman–Crippen LogP) is 2.77. The van der Waals surface area contributed by atoms with Crippen molar-refractivity contribution in [2.24, 2.45) is 5.92 Å². The summed E-state index contributed by atoms with van der Waals surface area (Å²) in [5.41, 5.74) is 0. The second-order valence-electron chi connectivity index (χ2n) is 2.38. The van der Waals surface area contributed by atoms with Crippen molar-refractivity contribution < 1.29 is 4.39 Å². The molecule has 0 saturated heterocycles. The van der Waals surface area contributed by atoms with Crippen LogP contribution in [0, 0.1) is 5.92 Å². The molecule has 0 spiro atoms. The maximum Gasteiger partial charge on any atom is 0.110 e. The van der Waals surface area contributed by atoms with Gasteiger partial charge in [-0.1, -0.05) is 29.8 Å². The van der Waals surface area contributed by atoms with Crippen molar-refractivity contribution in [2.75, 3.05) is 5.33 Å². The van der Waals surface area contributed by atoms with Gasteiger partial charge in [0, 0.05) is 5.33 Å². The summed E-state index contributed by atoms with van der Waals surface area (Å²) in [4.78, 5) is 0. The highest BCUT2D eigenvalue weighted by molar-refractivity contribution is 9.09. The molecule has 0 heterocycles. The van der Waals surface area contributed by atoms with Crippen molar-refractivity contribution in [2.45, 2.75) is 26.4 Å². The Morgan fingerprint density at radius 3 is 2.12 bits per heavy atom. The van der Waals surface area contributed by atoms with E-state index < -0.39 is 6.17 Å². The molecule has 8 heavy (non-hydrogen) atoms. The zero-order valence-corrected chi connectivity index (χ0v) is 6.91. The minimum Gasteiger partial charge on any atom is -0.247 e. The van der Waals surface area contributed by atoms with Crippen LogP contribution in [0.15, 0.2) is 0 Å². The molecule has 1 unspecified atom stereocenters. The van der Waals surface area contributed by atoms with E-state index in [1.54, 1.807) is 0 Å². The van der Waals surface area contributed by atoms with Gasteiger partial charge < -0.3 is 0 Å². The first-order valence-electron chi connectivity index (χ1n) is 2.86. The summed E-state index contributed by atoms with van der Waals surface area (Å²) in [6, 6.07) is 0. The Morgan fingerprint density at radius 1 is 1.50 bits per heavy atom. The van der Waals surface area contributed by atoms with Gasteiger partial charge >= 0.3 is 0 Å². The predicted molar refractivity (Wildman–Crippen MR) is 38.1 cm³/mol. The van der Waals surface area contributed by atoms with Gasteiger partial charge in [-0.25, -0.2) is 4.39 Å². The maximum atomic E-state index is 12.3. The Balaban J connectivity index is 3.10. The fourth-order valence-corrected chi connectivity index (χ4v) is 0.839. The summed E-state index contributed by atoms with van der Waals surface area (Å²) in [7, 11) is 0. The van der Waals surface area contributed by atoms with Crippen molar-refractivity contribution in [3.63, 3.8) is 0 Å². The number of hydrogen-bond donors (Lipinski definition) is 0. The summed E-state index contributed by atoms with van der Waals surface area (Å²) in [5, 5.41) is 0.477. The summed E-state index contributed by atoms with van der Waals surface area (Å²) in [6.07, 6.45) is 0.0145. The lowest BCUT2D eigenvalue weighted by molar-refractivity contribution is 0.313. The third-order valence-electron chi connectivity index (χ3n) is 0.895. The van der Waals surface area contributed by atoms with E-state index in [9.17, 15) is 4.39 Å². The van der Waals surface area contributed by atoms with Crippen LogP contribution in [0.5, 0.6) is 0 Å².